The lowest BCUT2D eigenvalue weighted by molar-refractivity contribution is 0.375. The zero-order valence-corrected chi connectivity index (χ0v) is 10.8. The second-order valence-electron chi connectivity index (χ2n) is 4.59. The molecular weight excluding hydrogens is 196 g/mol. The van der Waals surface area contributed by atoms with Crippen molar-refractivity contribution in [2.75, 3.05) is 0 Å². The number of allylic oxidation sites excluding steroid dienone is 3. The van der Waals surface area contributed by atoms with E-state index in [4.69, 9.17) is 4.74 Å². The Morgan fingerprint density at radius 1 is 1.00 bits per heavy atom. The molecule has 0 aromatic rings. The second-order valence-corrected chi connectivity index (χ2v) is 4.59. The highest BCUT2D eigenvalue weighted by Gasteiger charge is 2.34. The Kier molecular flexibility index (Phi) is 7.24. The van der Waals surface area contributed by atoms with Crippen molar-refractivity contribution in [1.29, 1.82) is 0 Å². The van der Waals surface area contributed by atoms with E-state index in [0.717, 1.165) is 0 Å². The summed E-state index contributed by atoms with van der Waals surface area (Å²) in [5.41, 5.74) is 0. The van der Waals surface area contributed by atoms with E-state index in [1.54, 1.807) is 0 Å². The summed E-state index contributed by atoms with van der Waals surface area (Å²) in [6.07, 6.45) is 18.7. The van der Waals surface area contributed by atoms with Gasteiger partial charge in [0.05, 0.1) is 6.10 Å². The van der Waals surface area contributed by atoms with Gasteiger partial charge in [0.2, 0.25) is 0 Å². The van der Waals surface area contributed by atoms with Gasteiger partial charge >= 0.3 is 0 Å². The van der Waals surface area contributed by atoms with E-state index in [-0.39, 0.29) is 0 Å². The lowest BCUT2D eigenvalue weighted by Crippen LogP contribution is -1.89. The number of hydrogen-bond acceptors (Lipinski definition) is 1. The Balaban J connectivity index is 1.97. The molecule has 1 fully saturated rings. The monoisotopic (exact) mass is 222 g/mol. The Labute approximate surface area is 101 Å². The molecule has 0 bridgehead atoms. The van der Waals surface area contributed by atoms with Crippen LogP contribution in [-0.2, 0) is 4.74 Å². The zero-order chi connectivity index (χ0) is 11.6. The molecule has 1 aliphatic rings. The highest BCUT2D eigenvalue weighted by atomic mass is 16.6. The summed E-state index contributed by atoms with van der Waals surface area (Å²) in [5, 5.41) is 0. The summed E-state index contributed by atoms with van der Waals surface area (Å²) in [4.78, 5) is 0. The Bertz CT molecular complexity index is 217. The Hall–Kier alpha value is -0.560. The summed E-state index contributed by atoms with van der Waals surface area (Å²) in [6, 6.07) is 0. The van der Waals surface area contributed by atoms with E-state index in [0.29, 0.717) is 12.2 Å². The third-order valence-corrected chi connectivity index (χ3v) is 2.99. The highest BCUT2D eigenvalue weighted by molar-refractivity contribution is 5.10. The maximum atomic E-state index is 5.54. The molecule has 0 N–H and O–H groups in total. The molecule has 0 amide bonds. The first-order valence-corrected chi connectivity index (χ1v) is 6.87. The van der Waals surface area contributed by atoms with Crippen molar-refractivity contribution in [2.24, 2.45) is 0 Å². The molecule has 0 saturated carbocycles. The van der Waals surface area contributed by atoms with Crippen LogP contribution >= 0.6 is 0 Å². The third kappa shape index (κ3) is 6.12. The number of hydrogen-bond donors (Lipinski definition) is 0. The summed E-state index contributed by atoms with van der Waals surface area (Å²) in [5.74, 6) is 0. The molecule has 0 radical (unpaired) electrons. The third-order valence-electron chi connectivity index (χ3n) is 2.99. The van der Waals surface area contributed by atoms with Gasteiger partial charge in [-0.05, 0) is 19.3 Å². The molecule has 1 nitrogen and oxygen atoms in total. The normalized spacial score (nSPS) is 24.6. The van der Waals surface area contributed by atoms with Gasteiger partial charge in [-0.25, -0.2) is 0 Å². The van der Waals surface area contributed by atoms with Crippen molar-refractivity contribution in [3.63, 3.8) is 0 Å². The van der Waals surface area contributed by atoms with Crippen LogP contribution in [0.2, 0.25) is 0 Å². The predicted molar refractivity (Wildman–Crippen MR) is 70.6 cm³/mol. The first kappa shape index (κ1) is 13.5. The summed E-state index contributed by atoms with van der Waals surface area (Å²) in [6.45, 7) is 4.47. The summed E-state index contributed by atoms with van der Waals surface area (Å²) < 4.78 is 5.54. The van der Waals surface area contributed by atoms with E-state index < -0.39 is 0 Å². The molecule has 1 rings (SSSR count). The fourth-order valence-corrected chi connectivity index (χ4v) is 1.82. The first-order chi connectivity index (χ1) is 7.88. The molecule has 0 spiro atoms. The minimum Gasteiger partial charge on any atom is -0.365 e. The van der Waals surface area contributed by atoms with Crippen LogP contribution in [0.3, 0.4) is 0 Å². The largest absolute Gasteiger partial charge is 0.365 e. The Morgan fingerprint density at radius 2 is 1.81 bits per heavy atom. The van der Waals surface area contributed by atoms with Crippen molar-refractivity contribution in [2.45, 2.75) is 71.0 Å². The minimum atomic E-state index is 0.409. The quantitative estimate of drug-likeness (QED) is 0.314. The Morgan fingerprint density at radius 3 is 2.56 bits per heavy atom. The molecule has 0 aromatic carbocycles. The fourth-order valence-electron chi connectivity index (χ4n) is 1.82. The SMILES string of the molecule is CCCCC/C=C\C=C\[C@H]1O[C@@H]1CCCC. The van der Waals surface area contributed by atoms with Crippen LogP contribution in [0.25, 0.3) is 0 Å². The lowest BCUT2D eigenvalue weighted by Gasteiger charge is -1.90. The van der Waals surface area contributed by atoms with Crippen molar-refractivity contribution < 1.29 is 4.74 Å². The van der Waals surface area contributed by atoms with Crippen molar-refractivity contribution in [3.8, 4) is 0 Å². The van der Waals surface area contributed by atoms with Crippen LogP contribution in [-0.4, -0.2) is 12.2 Å². The van der Waals surface area contributed by atoms with E-state index in [9.17, 15) is 0 Å². The molecule has 0 aromatic heterocycles. The topological polar surface area (TPSA) is 12.5 Å². The standard InChI is InChI=1S/C15H26O/c1-3-5-7-8-9-10-11-13-15-14(16-15)12-6-4-2/h9-11,13-15H,3-8,12H2,1-2H3/b10-9-,13-11+/t14-,15-/m1/s1. The summed E-state index contributed by atoms with van der Waals surface area (Å²) in [7, 11) is 0. The maximum Gasteiger partial charge on any atom is 0.103 e. The van der Waals surface area contributed by atoms with Crippen molar-refractivity contribution >= 4 is 0 Å². The number of rotatable bonds is 9. The van der Waals surface area contributed by atoms with Gasteiger partial charge in [-0.15, -0.1) is 0 Å². The zero-order valence-electron chi connectivity index (χ0n) is 10.8. The summed E-state index contributed by atoms with van der Waals surface area (Å²) >= 11 is 0. The molecule has 0 unspecified atom stereocenters. The van der Waals surface area contributed by atoms with Crippen LogP contribution in [0.15, 0.2) is 24.3 Å². The fraction of sp³-hybridized carbons (Fsp3) is 0.733. The minimum absolute atomic E-state index is 0.409. The molecule has 1 heterocycles. The van der Waals surface area contributed by atoms with Gasteiger partial charge in [0.25, 0.3) is 0 Å². The van der Waals surface area contributed by atoms with Crippen LogP contribution < -0.4 is 0 Å². The van der Waals surface area contributed by atoms with Crippen LogP contribution in [0, 0.1) is 0 Å². The average Bonchev–Trinajstić information content (AvgIpc) is 3.04. The van der Waals surface area contributed by atoms with E-state index in [1.807, 2.05) is 0 Å². The molecular formula is C15H26O. The molecule has 1 saturated heterocycles. The van der Waals surface area contributed by atoms with Crippen molar-refractivity contribution in [3.05, 3.63) is 24.3 Å². The first-order valence-electron chi connectivity index (χ1n) is 6.87. The van der Waals surface area contributed by atoms with Gasteiger partial charge < -0.3 is 4.74 Å². The van der Waals surface area contributed by atoms with E-state index in [1.165, 1.54) is 44.9 Å². The number of unbranched alkanes of at least 4 members (excludes halogenated alkanes) is 4. The predicted octanol–water partition coefficient (Wildman–Crippen LogP) is 4.64. The van der Waals surface area contributed by atoms with E-state index in [2.05, 4.69) is 38.2 Å². The van der Waals surface area contributed by atoms with Gasteiger partial charge in [0.1, 0.15) is 6.10 Å². The average molecular weight is 222 g/mol. The van der Waals surface area contributed by atoms with Gasteiger partial charge in [-0.2, -0.15) is 0 Å². The molecule has 92 valence electrons. The maximum absolute atomic E-state index is 5.54. The molecule has 0 aliphatic carbocycles. The van der Waals surface area contributed by atoms with Crippen LogP contribution in [0.5, 0.6) is 0 Å². The highest BCUT2D eigenvalue weighted by Crippen LogP contribution is 2.28. The molecule has 16 heavy (non-hydrogen) atoms. The lowest BCUT2D eigenvalue weighted by atomic mass is 10.1. The van der Waals surface area contributed by atoms with Gasteiger partial charge in [0, 0.05) is 0 Å². The molecule has 1 heteroatoms. The second kappa shape index (κ2) is 8.58. The van der Waals surface area contributed by atoms with Crippen LogP contribution in [0.4, 0.5) is 0 Å². The van der Waals surface area contributed by atoms with Crippen LogP contribution in [0.1, 0.15) is 58.8 Å². The molecule has 1 aliphatic heterocycles. The van der Waals surface area contributed by atoms with E-state index >= 15 is 0 Å². The van der Waals surface area contributed by atoms with Gasteiger partial charge in [0.15, 0.2) is 0 Å². The number of epoxide rings is 1. The smallest absolute Gasteiger partial charge is 0.103 e. The van der Waals surface area contributed by atoms with Gasteiger partial charge in [-0.3, -0.25) is 0 Å². The molecule has 2 atom stereocenters. The number of ether oxygens (including phenoxy) is 1. The van der Waals surface area contributed by atoms with Gasteiger partial charge in [-0.1, -0.05) is 63.8 Å². The van der Waals surface area contributed by atoms with Crippen molar-refractivity contribution in [1.82, 2.24) is 0 Å².